The lowest BCUT2D eigenvalue weighted by Gasteiger charge is -2.47. The summed E-state index contributed by atoms with van der Waals surface area (Å²) in [6, 6.07) is 39.1. The average Bonchev–Trinajstić information content (AvgIpc) is 3.01. The van der Waals surface area contributed by atoms with Crippen molar-refractivity contribution < 1.29 is 29.2 Å². The second-order valence-electron chi connectivity index (χ2n) is 10.0. The Morgan fingerprint density at radius 3 is 0.825 bits per heavy atom. The van der Waals surface area contributed by atoms with Gasteiger partial charge in [0.25, 0.3) is 0 Å². The minimum absolute atomic E-state index is 0.251. The van der Waals surface area contributed by atoms with Crippen LogP contribution in [0.25, 0.3) is 0 Å². The standard InChI is InChI=1S/C34H36O6/c35-29-30(36)32(38-22-26-15-7-2-8-16-26)34(40-24-28-19-11-4-12-20-28)33(39-23-27-17-9-3-10-18-27)31(29)37-21-25-13-5-1-6-14-25/h1-20,29-36H,21-24H2/t29-,30?,31?,32-,33?,34+/m0/s1. The number of hydrogen-bond donors (Lipinski definition) is 2. The van der Waals surface area contributed by atoms with Crippen LogP contribution in [0.2, 0.25) is 0 Å². The molecule has 4 aromatic carbocycles. The molecule has 1 saturated carbocycles. The molecule has 1 fully saturated rings. The molecule has 0 radical (unpaired) electrons. The van der Waals surface area contributed by atoms with E-state index in [0.29, 0.717) is 0 Å². The fourth-order valence-corrected chi connectivity index (χ4v) is 4.98. The van der Waals surface area contributed by atoms with Crippen LogP contribution in [-0.4, -0.2) is 46.8 Å². The maximum atomic E-state index is 11.4. The molecule has 1 aliphatic rings. The van der Waals surface area contributed by atoms with E-state index < -0.39 is 36.6 Å². The summed E-state index contributed by atoms with van der Waals surface area (Å²) < 4.78 is 25.5. The second-order valence-corrected chi connectivity index (χ2v) is 10.0. The lowest BCUT2D eigenvalue weighted by atomic mass is 9.84. The van der Waals surface area contributed by atoms with Crippen LogP contribution in [0.1, 0.15) is 22.3 Å². The van der Waals surface area contributed by atoms with Gasteiger partial charge in [0.05, 0.1) is 26.4 Å². The first-order valence-corrected chi connectivity index (χ1v) is 13.7. The van der Waals surface area contributed by atoms with Gasteiger partial charge >= 0.3 is 0 Å². The van der Waals surface area contributed by atoms with Crippen LogP contribution in [-0.2, 0) is 45.4 Å². The van der Waals surface area contributed by atoms with Gasteiger partial charge in [-0.2, -0.15) is 0 Å². The van der Waals surface area contributed by atoms with Gasteiger partial charge in [0.15, 0.2) is 0 Å². The highest BCUT2D eigenvalue weighted by atomic mass is 16.6. The van der Waals surface area contributed by atoms with Crippen LogP contribution >= 0.6 is 0 Å². The van der Waals surface area contributed by atoms with E-state index in [9.17, 15) is 10.2 Å². The van der Waals surface area contributed by atoms with Gasteiger partial charge < -0.3 is 29.2 Å². The van der Waals surface area contributed by atoms with E-state index in [-0.39, 0.29) is 26.4 Å². The SMILES string of the molecule is OC1[C@H](O)C(OCc2ccccc2)C(OCc2ccccc2)[C@H](OCc2ccccc2)[C@H]1OCc1ccccc1. The quantitative estimate of drug-likeness (QED) is 0.262. The number of benzene rings is 4. The van der Waals surface area contributed by atoms with Gasteiger partial charge in [-0.1, -0.05) is 121 Å². The van der Waals surface area contributed by atoms with E-state index >= 15 is 0 Å². The summed E-state index contributed by atoms with van der Waals surface area (Å²) in [6.45, 7) is 1.08. The van der Waals surface area contributed by atoms with Crippen molar-refractivity contribution in [3.8, 4) is 0 Å². The van der Waals surface area contributed by atoms with Crippen LogP contribution < -0.4 is 0 Å². The summed E-state index contributed by atoms with van der Waals surface area (Å²) in [6.07, 6.45) is -5.63. The zero-order chi connectivity index (χ0) is 27.6. The number of ether oxygens (including phenoxy) is 4. The predicted molar refractivity (Wildman–Crippen MR) is 152 cm³/mol. The monoisotopic (exact) mass is 540 g/mol. The first-order valence-electron chi connectivity index (χ1n) is 13.7. The lowest BCUT2D eigenvalue weighted by Crippen LogP contribution is -2.66. The molecule has 4 aromatic rings. The van der Waals surface area contributed by atoms with Gasteiger partial charge in [-0.25, -0.2) is 0 Å². The molecule has 6 heteroatoms. The van der Waals surface area contributed by atoms with Gasteiger partial charge in [0.2, 0.25) is 0 Å². The molecular weight excluding hydrogens is 504 g/mol. The van der Waals surface area contributed by atoms with Gasteiger partial charge in [-0.05, 0) is 22.3 Å². The van der Waals surface area contributed by atoms with Crippen molar-refractivity contribution in [1.82, 2.24) is 0 Å². The van der Waals surface area contributed by atoms with E-state index in [0.717, 1.165) is 22.3 Å². The minimum atomic E-state index is -1.25. The van der Waals surface area contributed by atoms with Crippen molar-refractivity contribution >= 4 is 0 Å². The highest BCUT2D eigenvalue weighted by Gasteiger charge is 2.52. The molecule has 6 atom stereocenters. The zero-order valence-electron chi connectivity index (χ0n) is 22.4. The number of aliphatic hydroxyl groups excluding tert-OH is 2. The molecule has 208 valence electrons. The highest BCUT2D eigenvalue weighted by molar-refractivity contribution is 5.17. The van der Waals surface area contributed by atoms with Crippen molar-refractivity contribution in [3.05, 3.63) is 144 Å². The minimum Gasteiger partial charge on any atom is -0.387 e. The first-order chi connectivity index (χ1) is 19.7. The van der Waals surface area contributed by atoms with Crippen molar-refractivity contribution in [2.45, 2.75) is 63.1 Å². The number of hydrogen-bond acceptors (Lipinski definition) is 6. The number of aliphatic hydroxyl groups is 2. The molecule has 0 aromatic heterocycles. The predicted octanol–water partition coefficient (Wildman–Crippen LogP) is 5.06. The molecule has 0 saturated heterocycles. The normalized spacial score (nSPS) is 24.6. The largest absolute Gasteiger partial charge is 0.387 e. The third kappa shape index (κ3) is 7.43. The molecule has 0 amide bonds. The Bertz CT molecular complexity index is 1150. The molecule has 5 rings (SSSR count). The van der Waals surface area contributed by atoms with E-state index in [1.54, 1.807) is 0 Å². The van der Waals surface area contributed by atoms with E-state index in [1.807, 2.05) is 121 Å². The van der Waals surface area contributed by atoms with Crippen molar-refractivity contribution in [3.63, 3.8) is 0 Å². The summed E-state index contributed by atoms with van der Waals surface area (Å²) in [5.74, 6) is 0. The highest BCUT2D eigenvalue weighted by Crippen LogP contribution is 2.32. The molecule has 2 N–H and O–H groups in total. The van der Waals surface area contributed by atoms with Crippen LogP contribution in [0.3, 0.4) is 0 Å². The molecule has 0 bridgehead atoms. The van der Waals surface area contributed by atoms with Crippen LogP contribution in [0.4, 0.5) is 0 Å². The van der Waals surface area contributed by atoms with Crippen molar-refractivity contribution in [2.75, 3.05) is 0 Å². The Labute approximate surface area is 235 Å². The fraction of sp³-hybridized carbons (Fsp3) is 0.294. The fourth-order valence-electron chi connectivity index (χ4n) is 4.98. The van der Waals surface area contributed by atoms with Crippen LogP contribution in [0.15, 0.2) is 121 Å². The van der Waals surface area contributed by atoms with Crippen LogP contribution in [0.5, 0.6) is 0 Å². The van der Waals surface area contributed by atoms with Crippen LogP contribution in [0, 0.1) is 0 Å². The summed E-state index contributed by atoms with van der Waals surface area (Å²) in [5.41, 5.74) is 3.87. The summed E-state index contributed by atoms with van der Waals surface area (Å²) in [7, 11) is 0. The zero-order valence-corrected chi connectivity index (χ0v) is 22.4. The average molecular weight is 541 g/mol. The maximum Gasteiger partial charge on any atom is 0.116 e. The Kier molecular flexibility index (Phi) is 10.1. The molecular formula is C34H36O6. The molecule has 0 spiro atoms. The van der Waals surface area contributed by atoms with Crippen molar-refractivity contribution in [1.29, 1.82) is 0 Å². The van der Waals surface area contributed by atoms with Gasteiger partial charge in [-0.15, -0.1) is 0 Å². The molecule has 0 heterocycles. The van der Waals surface area contributed by atoms with Gasteiger partial charge in [0, 0.05) is 0 Å². The molecule has 6 nitrogen and oxygen atoms in total. The Morgan fingerprint density at radius 1 is 0.350 bits per heavy atom. The Morgan fingerprint density at radius 2 is 0.575 bits per heavy atom. The lowest BCUT2D eigenvalue weighted by molar-refractivity contribution is -0.273. The van der Waals surface area contributed by atoms with Gasteiger partial charge in [-0.3, -0.25) is 0 Å². The smallest absolute Gasteiger partial charge is 0.116 e. The van der Waals surface area contributed by atoms with E-state index in [4.69, 9.17) is 18.9 Å². The summed E-state index contributed by atoms with van der Waals surface area (Å²) >= 11 is 0. The topological polar surface area (TPSA) is 77.4 Å². The maximum absolute atomic E-state index is 11.4. The Balaban J connectivity index is 1.42. The first kappa shape index (κ1) is 28.2. The van der Waals surface area contributed by atoms with E-state index in [1.165, 1.54) is 0 Å². The second kappa shape index (κ2) is 14.3. The third-order valence-corrected chi connectivity index (χ3v) is 7.14. The molecule has 1 aliphatic carbocycles. The molecule has 3 unspecified atom stereocenters. The molecule has 0 aliphatic heterocycles. The summed E-state index contributed by atoms with van der Waals surface area (Å²) in [5, 5.41) is 22.7. The number of rotatable bonds is 12. The summed E-state index contributed by atoms with van der Waals surface area (Å²) in [4.78, 5) is 0. The molecule has 40 heavy (non-hydrogen) atoms. The van der Waals surface area contributed by atoms with Gasteiger partial charge in [0.1, 0.15) is 36.6 Å². The van der Waals surface area contributed by atoms with E-state index in [2.05, 4.69) is 0 Å². The van der Waals surface area contributed by atoms with Crippen molar-refractivity contribution in [2.24, 2.45) is 0 Å². The third-order valence-electron chi connectivity index (χ3n) is 7.14. The Hall–Kier alpha value is -3.36.